The lowest BCUT2D eigenvalue weighted by molar-refractivity contribution is 0.0140. The van der Waals surface area contributed by atoms with Gasteiger partial charge < -0.3 is 14.5 Å². The van der Waals surface area contributed by atoms with Gasteiger partial charge in [0.05, 0.1) is 0 Å². The van der Waals surface area contributed by atoms with E-state index in [-0.39, 0.29) is 6.09 Å². The summed E-state index contributed by atoms with van der Waals surface area (Å²) in [6.07, 6.45) is 1.92. The molecule has 0 saturated carbocycles. The summed E-state index contributed by atoms with van der Waals surface area (Å²) in [6.45, 7) is 13.9. The molecule has 2 fully saturated rings. The van der Waals surface area contributed by atoms with Gasteiger partial charge in [-0.05, 0) is 52.2 Å². The van der Waals surface area contributed by atoms with Crippen molar-refractivity contribution >= 4 is 11.8 Å². The molecule has 3 rings (SSSR count). The minimum Gasteiger partial charge on any atom is -0.444 e. The molecule has 1 amide bonds. The fourth-order valence-electron chi connectivity index (χ4n) is 3.99. The molecule has 2 aliphatic heterocycles. The molecule has 5 heteroatoms. The molecule has 0 spiro atoms. The smallest absolute Gasteiger partial charge is 0.410 e. The van der Waals surface area contributed by atoms with Crippen LogP contribution in [0.2, 0.25) is 0 Å². The third kappa shape index (κ3) is 4.70. The molecule has 5 nitrogen and oxygen atoms in total. The number of benzene rings is 1. The number of piperidine rings is 1. The number of amides is 1. The topological polar surface area (TPSA) is 36.0 Å². The number of hydrogen-bond donors (Lipinski definition) is 0. The van der Waals surface area contributed by atoms with Crippen molar-refractivity contribution in [2.45, 2.75) is 52.2 Å². The molecule has 0 N–H and O–H groups in total. The minimum absolute atomic E-state index is 0.166. The van der Waals surface area contributed by atoms with Crippen molar-refractivity contribution in [3.8, 4) is 0 Å². The SMILES string of the molecule is Cc1ccccc1N1CCN(C2CCN(C(=O)OC(C)(C)C)CC2)CC1. The van der Waals surface area contributed by atoms with Gasteiger partial charge in [0.1, 0.15) is 5.60 Å². The third-order valence-electron chi connectivity index (χ3n) is 5.40. The Morgan fingerprint density at radius 3 is 2.19 bits per heavy atom. The first kappa shape index (κ1) is 19.0. The number of carbonyl (C=O) groups is 1. The summed E-state index contributed by atoms with van der Waals surface area (Å²) in [5, 5.41) is 0. The normalized spacial score (nSPS) is 20.3. The van der Waals surface area contributed by atoms with E-state index in [1.807, 2.05) is 25.7 Å². The average Bonchev–Trinajstić information content (AvgIpc) is 2.61. The Morgan fingerprint density at radius 2 is 1.62 bits per heavy atom. The van der Waals surface area contributed by atoms with Crippen molar-refractivity contribution in [1.29, 1.82) is 0 Å². The van der Waals surface area contributed by atoms with Gasteiger partial charge in [0, 0.05) is 51.0 Å². The molecule has 2 aliphatic rings. The molecular weight excluding hydrogens is 326 g/mol. The molecule has 0 atom stereocenters. The molecule has 2 saturated heterocycles. The molecule has 144 valence electrons. The van der Waals surface area contributed by atoms with Crippen LogP contribution in [-0.2, 0) is 4.74 Å². The Hall–Kier alpha value is -1.75. The highest BCUT2D eigenvalue weighted by atomic mass is 16.6. The summed E-state index contributed by atoms with van der Waals surface area (Å²) in [5.41, 5.74) is 2.30. The number of hydrogen-bond acceptors (Lipinski definition) is 4. The summed E-state index contributed by atoms with van der Waals surface area (Å²) in [6, 6.07) is 9.24. The Kier molecular flexibility index (Phi) is 5.76. The summed E-state index contributed by atoms with van der Waals surface area (Å²) in [4.78, 5) is 19.2. The van der Waals surface area contributed by atoms with Crippen molar-refractivity contribution < 1.29 is 9.53 Å². The lowest BCUT2D eigenvalue weighted by Crippen LogP contribution is -2.54. The van der Waals surface area contributed by atoms with E-state index < -0.39 is 5.60 Å². The van der Waals surface area contributed by atoms with Gasteiger partial charge in [-0.1, -0.05) is 18.2 Å². The first-order valence-electron chi connectivity index (χ1n) is 9.86. The van der Waals surface area contributed by atoms with E-state index in [0.717, 1.165) is 52.1 Å². The van der Waals surface area contributed by atoms with E-state index in [1.165, 1.54) is 11.3 Å². The number of para-hydroxylation sites is 1. The van der Waals surface area contributed by atoms with E-state index in [2.05, 4.69) is 41.0 Å². The number of piperazine rings is 1. The Bertz CT molecular complexity index is 610. The number of likely N-dealkylation sites (tertiary alicyclic amines) is 1. The Morgan fingerprint density at radius 1 is 1.00 bits per heavy atom. The summed E-state index contributed by atoms with van der Waals surface area (Å²) >= 11 is 0. The van der Waals surface area contributed by atoms with Gasteiger partial charge >= 0.3 is 6.09 Å². The highest BCUT2D eigenvalue weighted by Crippen LogP contribution is 2.24. The van der Waals surface area contributed by atoms with Crippen LogP contribution in [0.25, 0.3) is 0 Å². The van der Waals surface area contributed by atoms with Gasteiger partial charge in [0.2, 0.25) is 0 Å². The van der Waals surface area contributed by atoms with Gasteiger partial charge in [-0.15, -0.1) is 0 Å². The van der Waals surface area contributed by atoms with Crippen LogP contribution in [-0.4, -0.2) is 66.8 Å². The zero-order valence-electron chi connectivity index (χ0n) is 16.7. The van der Waals surface area contributed by atoms with Crippen molar-refractivity contribution in [2.24, 2.45) is 0 Å². The van der Waals surface area contributed by atoms with Crippen LogP contribution >= 0.6 is 0 Å². The predicted molar refractivity (Wildman–Crippen MR) is 106 cm³/mol. The van der Waals surface area contributed by atoms with E-state index >= 15 is 0 Å². The number of carbonyl (C=O) groups excluding carboxylic acids is 1. The van der Waals surface area contributed by atoms with Gasteiger partial charge in [-0.2, -0.15) is 0 Å². The van der Waals surface area contributed by atoms with Crippen LogP contribution in [0.3, 0.4) is 0 Å². The molecule has 26 heavy (non-hydrogen) atoms. The molecule has 1 aromatic rings. The van der Waals surface area contributed by atoms with Gasteiger partial charge in [0.15, 0.2) is 0 Å². The second kappa shape index (κ2) is 7.87. The highest BCUT2D eigenvalue weighted by molar-refractivity contribution is 5.68. The highest BCUT2D eigenvalue weighted by Gasteiger charge is 2.31. The monoisotopic (exact) mass is 359 g/mol. The fourth-order valence-corrected chi connectivity index (χ4v) is 3.99. The minimum atomic E-state index is -0.417. The zero-order valence-corrected chi connectivity index (χ0v) is 16.7. The number of rotatable bonds is 2. The number of aryl methyl sites for hydroxylation is 1. The maximum atomic E-state index is 12.2. The maximum absolute atomic E-state index is 12.2. The quantitative estimate of drug-likeness (QED) is 0.809. The first-order valence-corrected chi connectivity index (χ1v) is 9.86. The van der Waals surface area contributed by atoms with Crippen molar-refractivity contribution in [3.05, 3.63) is 29.8 Å². The molecule has 0 aromatic heterocycles. The second-order valence-corrected chi connectivity index (χ2v) is 8.51. The van der Waals surface area contributed by atoms with Crippen LogP contribution in [0.5, 0.6) is 0 Å². The van der Waals surface area contributed by atoms with E-state index in [4.69, 9.17) is 4.74 Å². The molecule has 1 aromatic carbocycles. The van der Waals surface area contributed by atoms with E-state index in [1.54, 1.807) is 0 Å². The average molecular weight is 360 g/mol. The van der Waals surface area contributed by atoms with Gasteiger partial charge in [-0.3, -0.25) is 4.90 Å². The summed E-state index contributed by atoms with van der Waals surface area (Å²) in [7, 11) is 0. The summed E-state index contributed by atoms with van der Waals surface area (Å²) in [5.74, 6) is 0. The summed E-state index contributed by atoms with van der Waals surface area (Å²) < 4.78 is 5.50. The maximum Gasteiger partial charge on any atom is 0.410 e. The van der Waals surface area contributed by atoms with Crippen LogP contribution in [0.1, 0.15) is 39.2 Å². The van der Waals surface area contributed by atoms with Crippen LogP contribution < -0.4 is 4.90 Å². The molecule has 2 heterocycles. The van der Waals surface area contributed by atoms with E-state index in [9.17, 15) is 4.79 Å². The fraction of sp³-hybridized carbons (Fsp3) is 0.667. The van der Waals surface area contributed by atoms with Crippen LogP contribution in [0.15, 0.2) is 24.3 Å². The van der Waals surface area contributed by atoms with Crippen molar-refractivity contribution in [3.63, 3.8) is 0 Å². The Labute approximate surface area is 157 Å². The number of ether oxygens (including phenoxy) is 1. The van der Waals surface area contributed by atoms with Crippen LogP contribution in [0, 0.1) is 6.92 Å². The molecule has 0 bridgehead atoms. The molecule has 0 radical (unpaired) electrons. The van der Waals surface area contributed by atoms with Crippen LogP contribution in [0.4, 0.5) is 10.5 Å². The largest absolute Gasteiger partial charge is 0.444 e. The number of anilines is 1. The molecule has 0 unspecified atom stereocenters. The standard InChI is InChI=1S/C21H33N3O2/c1-17-7-5-6-8-19(17)23-15-13-22(14-16-23)18-9-11-24(12-10-18)20(25)26-21(2,3)4/h5-8,18H,9-16H2,1-4H3. The van der Waals surface area contributed by atoms with Crippen molar-refractivity contribution in [1.82, 2.24) is 9.80 Å². The van der Waals surface area contributed by atoms with Gasteiger partial charge in [-0.25, -0.2) is 4.79 Å². The lowest BCUT2D eigenvalue weighted by Gasteiger charge is -2.43. The molecule has 0 aliphatic carbocycles. The first-order chi connectivity index (χ1) is 12.3. The lowest BCUT2D eigenvalue weighted by atomic mass is 10.0. The molecular formula is C21H33N3O2. The van der Waals surface area contributed by atoms with E-state index in [0.29, 0.717) is 6.04 Å². The van der Waals surface area contributed by atoms with Gasteiger partial charge in [0.25, 0.3) is 0 Å². The zero-order chi connectivity index (χ0) is 18.7. The van der Waals surface area contributed by atoms with Crippen molar-refractivity contribution in [2.75, 3.05) is 44.2 Å². The Balaban J connectivity index is 1.47. The number of nitrogens with zero attached hydrogens (tertiary/aromatic N) is 3. The second-order valence-electron chi connectivity index (χ2n) is 8.51. The predicted octanol–water partition coefficient (Wildman–Crippen LogP) is 3.52. The third-order valence-corrected chi connectivity index (χ3v) is 5.40.